The van der Waals surface area contributed by atoms with E-state index in [0.29, 0.717) is 18.8 Å². The average Bonchev–Trinajstić information content (AvgIpc) is 2.85. The Morgan fingerprint density at radius 3 is 1.80 bits per heavy atom. The Morgan fingerprint density at radius 1 is 0.902 bits per heavy atom. The van der Waals surface area contributed by atoms with Crippen LogP contribution in [-0.2, 0) is 34.8 Å². The number of unbranched alkanes of at least 4 members (excludes halogenated alkanes) is 8. The van der Waals surface area contributed by atoms with Gasteiger partial charge in [-0.15, -0.1) is 0 Å². The highest BCUT2D eigenvalue weighted by Gasteiger charge is 2.64. The van der Waals surface area contributed by atoms with Crippen LogP contribution in [0.25, 0.3) is 0 Å². The molecule has 0 aliphatic rings. The van der Waals surface area contributed by atoms with E-state index in [9.17, 15) is 35.7 Å². The lowest BCUT2D eigenvalue weighted by Gasteiger charge is -2.35. The van der Waals surface area contributed by atoms with Crippen molar-refractivity contribution in [3.8, 4) is 0 Å². The van der Waals surface area contributed by atoms with E-state index >= 15 is 0 Å². The lowest BCUT2D eigenvalue weighted by molar-refractivity contribution is -0.278. The van der Waals surface area contributed by atoms with Crippen molar-refractivity contribution < 1.29 is 45.2 Å². The molecule has 0 saturated carbocycles. The van der Waals surface area contributed by atoms with Gasteiger partial charge in [0.05, 0.1) is 11.8 Å². The number of alkyl halides is 3. The Hall–Kier alpha value is -2.18. The quantitative estimate of drug-likeness (QED) is 0.101. The van der Waals surface area contributed by atoms with Crippen LogP contribution in [0.4, 0.5) is 13.2 Å². The summed E-state index contributed by atoms with van der Waals surface area (Å²) < 4.78 is 86.0. The Balaban J connectivity index is 2.99. The molecule has 1 aromatic rings. The second-order valence-corrected chi connectivity index (χ2v) is 12.4. The normalized spacial score (nSPS) is 15.2. The summed E-state index contributed by atoms with van der Waals surface area (Å²) in [6.45, 7) is 5.50. The zero-order chi connectivity index (χ0) is 31.1. The van der Waals surface area contributed by atoms with Crippen molar-refractivity contribution in [3.63, 3.8) is 0 Å². The minimum absolute atomic E-state index is 0.0339. The highest BCUT2D eigenvalue weighted by Crippen LogP contribution is 2.43. The van der Waals surface area contributed by atoms with Gasteiger partial charge in [-0.25, -0.2) is 4.79 Å². The summed E-state index contributed by atoms with van der Waals surface area (Å²) in [6, 6.07) is 4.76. The monoisotopic (exact) mass is 609 g/mol. The van der Waals surface area contributed by atoms with Crippen LogP contribution < -0.4 is 5.32 Å². The van der Waals surface area contributed by atoms with Gasteiger partial charge < -0.3 is 14.8 Å². The summed E-state index contributed by atoms with van der Waals surface area (Å²) in [5, 5.41) is 2.30. The van der Waals surface area contributed by atoms with Gasteiger partial charge >= 0.3 is 12.1 Å². The van der Waals surface area contributed by atoms with E-state index in [1.165, 1.54) is 43.9 Å². The van der Waals surface area contributed by atoms with Crippen molar-refractivity contribution >= 4 is 22.0 Å². The van der Waals surface area contributed by atoms with Crippen molar-refractivity contribution in [3.05, 3.63) is 35.9 Å². The molecule has 0 aliphatic heterocycles. The number of carbonyl (C=O) groups excluding carboxylic acids is 2. The van der Waals surface area contributed by atoms with Crippen molar-refractivity contribution in [2.75, 3.05) is 12.9 Å². The van der Waals surface area contributed by atoms with Gasteiger partial charge in [0, 0.05) is 19.6 Å². The van der Waals surface area contributed by atoms with Gasteiger partial charge in [0.2, 0.25) is 5.91 Å². The van der Waals surface area contributed by atoms with Gasteiger partial charge in [0.15, 0.2) is 0 Å². The smallest absolute Gasteiger partial charge is 0.432 e. The van der Waals surface area contributed by atoms with E-state index in [0.717, 1.165) is 51.8 Å². The SMILES string of the molecule is CO[C@](C(=O)O[C@H](CCCCCCCCCCCC(C)C)C(CS(=O)(=O)O)NC(C)=O)(c1ccccc1)C(F)(F)F. The lowest BCUT2D eigenvalue weighted by atomic mass is 9.92. The van der Waals surface area contributed by atoms with Gasteiger partial charge in [-0.05, 0) is 18.8 Å². The van der Waals surface area contributed by atoms with Crippen LogP contribution in [0.1, 0.15) is 97.0 Å². The van der Waals surface area contributed by atoms with Crippen LogP contribution in [0.15, 0.2) is 30.3 Å². The number of methoxy groups -OCH3 is 1. The summed E-state index contributed by atoms with van der Waals surface area (Å²) in [6.07, 6.45) is 3.10. The molecule has 1 unspecified atom stereocenters. The molecular weight excluding hydrogens is 563 g/mol. The Bertz CT molecular complexity index is 1020. The molecule has 12 heteroatoms. The zero-order valence-corrected chi connectivity index (χ0v) is 25.4. The van der Waals surface area contributed by atoms with Crippen LogP contribution in [0.5, 0.6) is 0 Å². The molecule has 1 amide bonds. The fraction of sp³-hybridized carbons (Fsp3) is 0.724. The molecule has 1 aromatic carbocycles. The molecular formula is C29H46F3NO7S. The fourth-order valence-corrected chi connectivity index (χ4v) is 5.57. The molecule has 0 radical (unpaired) electrons. The first-order valence-electron chi connectivity index (χ1n) is 14.2. The molecule has 0 heterocycles. The van der Waals surface area contributed by atoms with Crippen molar-refractivity contribution in [2.45, 2.75) is 115 Å². The third-order valence-corrected chi connectivity index (χ3v) is 7.71. The van der Waals surface area contributed by atoms with Crippen molar-refractivity contribution in [1.29, 1.82) is 0 Å². The predicted molar refractivity (Wildman–Crippen MR) is 151 cm³/mol. The number of hydrogen-bond acceptors (Lipinski definition) is 6. The van der Waals surface area contributed by atoms with Gasteiger partial charge in [-0.1, -0.05) is 102 Å². The van der Waals surface area contributed by atoms with E-state index < -0.39 is 57.2 Å². The summed E-state index contributed by atoms with van der Waals surface area (Å²) in [5.41, 5.74) is -4.01. The van der Waals surface area contributed by atoms with Crippen molar-refractivity contribution in [1.82, 2.24) is 5.32 Å². The first kappa shape index (κ1) is 36.8. The molecule has 0 aromatic heterocycles. The number of halogens is 3. The fourth-order valence-electron chi connectivity index (χ4n) is 4.82. The predicted octanol–water partition coefficient (Wildman–Crippen LogP) is 6.34. The van der Waals surface area contributed by atoms with Crippen LogP contribution >= 0.6 is 0 Å². The summed E-state index contributed by atoms with van der Waals surface area (Å²) in [5.74, 6) is -2.84. The molecule has 0 spiro atoms. The molecule has 0 saturated heterocycles. The third-order valence-electron chi connectivity index (χ3n) is 6.93. The maximum absolute atomic E-state index is 14.4. The summed E-state index contributed by atoms with van der Waals surface area (Å²) in [4.78, 5) is 25.0. The van der Waals surface area contributed by atoms with Crippen molar-refractivity contribution in [2.24, 2.45) is 5.92 Å². The topological polar surface area (TPSA) is 119 Å². The molecule has 236 valence electrons. The Kier molecular flexibility index (Phi) is 15.9. The Labute approximate surface area is 242 Å². The van der Waals surface area contributed by atoms with Gasteiger partial charge in [-0.3, -0.25) is 9.35 Å². The number of carbonyl (C=O) groups is 2. The molecule has 3 atom stereocenters. The number of esters is 1. The number of ether oxygens (including phenoxy) is 2. The second-order valence-electron chi connectivity index (χ2n) is 10.9. The second kappa shape index (κ2) is 17.7. The summed E-state index contributed by atoms with van der Waals surface area (Å²) in [7, 11) is -3.96. The largest absolute Gasteiger partial charge is 0.457 e. The van der Waals surface area contributed by atoms with E-state index in [2.05, 4.69) is 19.2 Å². The summed E-state index contributed by atoms with van der Waals surface area (Å²) >= 11 is 0. The number of amides is 1. The van der Waals surface area contributed by atoms with Crippen LogP contribution in [0.2, 0.25) is 0 Å². The van der Waals surface area contributed by atoms with Gasteiger partial charge in [-0.2, -0.15) is 21.6 Å². The first-order valence-corrected chi connectivity index (χ1v) is 15.9. The van der Waals surface area contributed by atoms with Crippen LogP contribution in [0, 0.1) is 5.92 Å². The molecule has 0 bridgehead atoms. The van der Waals surface area contributed by atoms with Crippen LogP contribution in [-0.4, -0.2) is 56.0 Å². The Morgan fingerprint density at radius 2 is 1.39 bits per heavy atom. The zero-order valence-electron chi connectivity index (χ0n) is 24.5. The molecule has 0 fully saturated rings. The molecule has 0 aliphatic carbocycles. The van der Waals surface area contributed by atoms with E-state index in [4.69, 9.17) is 9.47 Å². The lowest BCUT2D eigenvalue weighted by Crippen LogP contribution is -2.55. The van der Waals surface area contributed by atoms with E-state index in [-0.39, 0.29) is 6.42 Å². The van der Waals surface area contributed by atoms with E-state index in [1.807, 2.05) is 0 Å². The molecule has 2 N–H and O–H groups in total. The van der Waals surface area contributed by atoms with Crippen LogP contribution in [0.3, 0.4) is 0 Å². The van der Waals surface area contributed by atoms with Gasteiger partial charge in [0.25, 0.3) is 15.7 Å². The molecule has 1 rings (SSSR count). The third kappa shape index (κ3) is 13.1. The number of hydrogen-bond donors (Lipinski definition) is 2. The maximum atomic E-state index is 14.4. The average molecular weight is 610 g/mol. The number of nitrogens with one attached hydrogen (secondary N) is 1. The highest BCUT2D eigenvalue weighted by atomic mass is 32.2. The first-order chi connectivity index (χ1) is 19.1. The van der Waals surface area contributed by atoms with Gasteiger partial charge in [0.1, 0.15) is 6.10 Å². The number of rotatable bonds is 20. The minimum Gasteiger partial charge on any atom is -0.457 e. The molecule has 8 nitrogen and oxygen atoms in total. The molecule has 41 heavy (non-hydrogen) atoms. The number of benzene rings is 1. The highest BCUT2D eigenvalue weighted by molar-refractivity contribution is 7.85. The standard InChI is InChI=1S/C29H46F3NO7S/c1-22(2)17-13-10-8-6-5-7-9-11-16-20-26(25(33-23(3)34)21-41(36,37)38)40-27(35)28(39-4,29(30,31)32)24-18-14-12-15-19-24/h12,14-15,18-19,22,25-26H,5-11,13,16-17,20-21H2,1-4H3,(H,33,34)(H,36,37,38)/t25?,26-,28+/m1/s1. The van der Waals surface area contributed by atoms with E-state index in [1.54, 1.807) is 0 Å². The maximum Gasteiger partial charge on any atom is 0.432 e. The minimum atomic E-state index is -5.23.